The Morgan fingerprint density at radius 3 is 2.96 bits per heavy atom. The Morgan fingerprint density at radius 2 is 2.26 bits per heavy atom. The first-order valence-electron chi connectivity index (χ1n) is 8.63. The molecule has 3 atom stereocenters. The van der Waals surface area contributed by atoms with Crippen molar-refractivity contribution in [1.29, 1.82) is 0 Å². The van der Waals surface area contributed by atoms with E-state index in [2.05, 4.69) is 22.0 Å². The van der Waals surface area contributed by atoms with E-state index in [9.17, 15) is 9.90 Å². The predicted octanol–water partition coefficient (Wildman–Crippen LogP) is 1.28. The van der Waals surface area contributed by atoms with Crippen LogP contribution in [0.2, 0.25) is 0 Å². The molecule has 0 spiro atoms. The molecule has 128 valence electrons. The van der Waals surface area contributed by atoms with Crippen molar-refractivity contribution >= 4 is 5.91 Å². The summed E-state index contributed by atoms with van der Waals surface area (Å²) in [5.41, 5.74) is 0. The molecule has 2 fully saturated rings. The maximum absolute atomic E-state index is 13.1. The molecule has 2 saturated heterocycles. The minimum absolute atomic E-state index is 0.0829. The number of carbonyl (C=O) groups excluding carboxylic acids is 1. The lowest BCUT2D eigenvalue weighted by Crippen LogP contribution is -2.51. The van der Waals surface area contributed by atoms with Gasteiger partial charge in [0.2, 0.25) is 11.8 Å². The van der Waals surface area contributed by atoms with E-state index in [0.717, 1.165) is 38.8 Å². The molecule has 0 radical (unpaired) electrons. The number of β-amino-alcohol motifs (C(OH)–C–C–N with tert-alkyl or cyclic N) is 1. The highest BCUT2D eigenvalue weighted by atomic mass is 16.5. The highest BCUT2D eigenvalue weighted by Crippen LogP contribution is 2.33. The summed E-state index contributed by atoms with van der Waals surface area (Å²) < 4.78 is 5.26. The number of aliphatic hydroxyl groups excluding tert-OH is 1. The van der Waals surface area contributed by atoms with Gasteiger partial charge in [0.05, 0.1) is 12.1 Å². The molecule has 1 N–H and O–H groups in total. The molecular formula is C16H26N4O3. The maximum atomic E-state index is 13.1. The Balaban J connectivity index is 1.78. The van der Waals surface area contributed by atoms with Gasteiger partial charge in [-0.1, -0.05) is 18.5 Å². The number of piperidine rings is 1. The molecule has 1 aromatic rings. The quantitative estimate of drug-likeness (QED) is 0.899. The summed E-state index contributed by atoms with van der Waals surface area (Å²) in [5, 5.41) is 13.9. The number of nitrogens with zero attached hydrogens (tertiary/aromatic N) is 4. The van der Waals surface area contributed by atoms with Crippen LogP contribution in [-0.2, 0) is 4.79 Å². The van der Waals surface area contributed by atoms with E-state index in [1.807, 2.05) is 0 Å². The zero-order valence-electron chi connectivity index (χ0n) is 13.9. The summed E-state index contributed by atoms with van der Waals surface area (Å²) >= 11 is 0. The van der Waals surface area contributed by atoms with Crippen LogP contribution < -0.4 is 0 Å². The third kappa shape index (κ3) is 3.40. The van der Waals surface area contributed by atoms with Gasteiger partial charge in [0.25, 0.3) is 0 Å². The van der Waals surface area contributed by atoms with Crippen molar-refractivity contribution in [2.24, 2.45) is 0 Å². The predicted molar refractivity (Wildman–Crippen MR) is 83.6 cm³/mol. The summed E-state index contributed by atoms with van der Waals surface area (Å²) in [5.74, 6) is 1.08. The number of aryl methyl sites for hydroxylation is 1. The van der Waals surface area contributed by atoms with Crippen LogP contribution in [0.1, 0.15) is 56.8 Å². The molecule has 7 heteroatoms. The molecule has 0 aromatic carbocycles. The van der Waals surface area contributed by atoms with E-state index < -0.39 is 6.10 Å². The van der Waals surface area contributed by atoms with Crippen LogP contribution in [-0.4, -0.2) is 62.7 Å². The van der Waals surface area contributed by atoms with Crippen LogP contribution >= 0.6 is 0 Å². The van der Waals surface area contributed by atoms with Crippen molar-refractivity contribution in [3.8, 4) is 0 Å². The smallest absolute Gasteiger partial charge is 0.249 e. The second-order valence-electron chi connectivity index (χ2n) is 6.62. The topological polar surface area (TPSA) is 82.7 Å². The van der Waals surface area contributed by atoms with Gasteiger partial charge < -0.3 is 14.5 Å². The second kappa shape index (κ2) is 6.97. The lowest BCUT2D eigenvalue weighted by Gasteiger charge is -2.37. The van der Waals surface area contributed by atoms with E-state index >= 15 is 0 Å². The molecule has 0 unspecified atom stereocenters. The first-order chi connectivity index (χ1) is 11.1. The number of carbonyl (C=O) groups is 1. The highest BCUT2D eigenvalue weighted by Gasteiger charge is 2.42. The normalized spacial score (nSPS) is 29.2. The Labute approximate surface area is 136 Å². The zero-order chi connectivity index (χ0) is 16.4. The van der Waals surface area contributed by atoms with Crippen molar-refractivity contribution < 1.29 is 14.4 Å². The zero-order valence-corrected chi connectivity index (χ0v) is 13.9. The number of aromatic nitrogens is 2. The van der Waals surface area contributed by atoms with Gasteiger partial charge in [-0.25, -0.2) is 0 Å². The SMILES string of the molecule is CCCN1CCCC[C@H]1C(=O)N1C[C@H](O)C[C@@H]1c1nc(C)no1. The fourth-order valence-corrected chi connectivity index (χ4v) is 3.76. The summed E-state index contributed by atoms with van der Waals surface area (Å²) in [4.78, 5) is 21.4. The molecule has 1 amide bonds. The number of rotatable bonds is 4. The van der Waals surface area contributed by atoms with Crippen LogP contribution in [0.5, 0.6) is 0 Å². The molecule has 3 heterocycles. The van der Waals surface area contributed by atoms with Crippen LogP contribution in [0.3, 0.4) is 0 Å². The van der Waals surface area contributed by atoms with Gasteiger partial charge in [0, 0.05) is 13.0 Å². The second-order valence-corrected chi connectivity index (χ2v) is 6.62. The van der Waals surface area contributed by atoms with Crippen LogP contribution in [0.4, 0.5) is 0 Å². The minimum atomic E-state index is -0.528. The van der Waals surface area contributed by atoms with Gasteiger partial charge >= 0.3 is 0 Å². The molecule has 0 saturated carbocycles. The molecule has 2 aliphatic rings. The van der Waals surface area contributed by atoms with Crippen molar-refractivity contribution in [3.63, 3.8) is 0 Å². The van der Waals surface area contributed by atoms with Crippen molar-refractivity contribution in [2.45, 2.75) is 64.1 Å². The maximum Gasteiger partial charge on any atom is 0.249 e. The molecule has 7 nitrogen and oxygen atoms in total. The number of amides is 1. The van der Waals surface area contributed by atoms with E-state index in [1.165, 1.54) is 0 Å². The third-order valence-corrected chi connectivity index (χ3v) is 4.80. The average Bonchev–Trinajstić information content (AvgIpc) is 3.13. The Morgan fingerprint density at radius 1 is 1.43 bits per heavy atom. The van der Waals surface area contributed by atoms with E-state index in [0.29, 0.717) is 24.7 Å². The molecule has 0 bridgehead atoms. The minimum Gasteiger partial charge on any atom is -0.391 e. The monoisotopic (exact) mass is 322 g/mol. The molecule has 0 aliphatic carbocycles. The first-order valence-corrected chi connectivity index (χ1v) is 8.63. The molecule has 1 aromatic heterocycles. The van der Waals surface area contributed by atoms with Gasteiger partial charge in [-0.15, -0.1) is 0 Å². The average molecular weight is 322 g/mol. The first kappa shape index (κ1) is 16.4. The van der Waals surface area contributed by atoms with Crippen LogP contribution in [0.25, 0.3) is 0 Å². The van der Waals surface area contributed by atoms with E-state index in [1.54, 1.807) is 11.8 Å². The number of likely N-dealkylation sites (tertiary alicyclic amines) is 2. The Hall–Kier alpha value is -1.47. The standard InChI is InChI=1S/C16H26N4O3/c1-3-7-19-8-5-4-6-13(19)16(22)20-10-12(21)9-14(20)15-17-11(2)18-23-15/h12-14,21H,3-10H2,1-2H3/t12-,13+,14-/m1/s1. The number of hydrogen-bond donors (Lipinski definition) is 1. The fourth-order valence-electron chi connectivity index (χ4n) is 3.76. The lowest BCUT2D eigenvalue weighted by atomic mass is 10.00. The summed E-state index contributed by atoms with van der Waals surface area (Å²) in [7, 11) is 0. The molecule has 2 aliphatic heterocycles. The van der Waals surface area contributed by atoms with Crippen LogP contribution in [0, 0.1) is 6.92 Å². The van der Waals surface area contributed by atoms with Gasteiger partial charge in [0.15, 0.2) is 5.82 Å². The largest absolute Gasteiger partial charge is 0.391 e. The Kier molecular flexibility index (Phi) is 4.96. The Bertz CT molecular complexity index is 545. The molecular weight excluding hydrogens is 296 g/mol. The van der Waals surface area contributed by atoms with Gasteiger partial charge in [-0.05, 0) is 39.3 Å². The third-order valence-electron chi connectivity index (χ3n) is 4.80. The fraction of sp³-hybridized carbons (Fsp3) is 0.812. The number of hydrogen-bond acceptors (Lipinski definition) is 6. The van der Waals surface area contributed by atoms with Crippen LogP contribution in [0.15, 0.2) is 4.52 Å². The van der Waals surface area contributed by atoms with E-state index in [-0.39, 0.29) is 18.0 Å². The molecule has 3 rings (SSSR count). The number of aliphatic hydroxyl groups is 1. The van der Waals surface area contributed by atoms with E-state index in [4.69, 9.17) is 4.52 Å². The van der Waals surface area contributed by atoms with Crippen molar-refractivity contribution in [3.05, 3.63) is 11.7 Å². The molecule has 23 heavy (non-hydrogen) atoms. The highest BCUT2D eigenvalue weighted by molar-refractivity contribution is 5.82. The summed E-state index contributed by atoms with van der Waals surface area (Å²) in [6.45, 7) is 6.16. The summed E-state index contributed by atoms with van der Waals surface area (Å²) in [6, 6.07) is -0.385. The van der Waals surface area contributed by atoms with Gasteiger partial charge in [0.1, 0.15) is 6.04 Å². The van der Waals surface area contributed by atoms with Gasteiger partial charge in [-0.3, -0.25) is 9.69 Å². The summed E-state index contributed by atoms with van der Waals surface area (Å²) in [6.07, 6.45) is 4.10. The van der Waals surface area contributed by atoms with Crippen molar-refractivity contribution in [1.82, 2.24) is 19.9 Å². The lowest BCUT2D eigenvalue weighted by molar-refractivity contribution is -0.140. The van der Waals surface area contributed by atoms with Crippen molar-refractivity contribution in [2.75, 3.05) is 19.6 Å². The van der Waals surface area contributed by atoms with Gasteiger partial charge in [-0.2, -0.15) is 4.98 Å².